The molecule has 0 amide bonds. The van der Waals surface area contributed by atoms with Crippen molar-refractivity contribution in [1.29, 1.82) is 0 Å². The molecule has 2 aliphatic rings. The monoisotopic (exact) mass is 582 g/mol. The first kappa shape index (κ1) is 25.4. The molecule has 1 nitrogen and oxygen atoms in total. The lowest BCUT2D eigenvalue weighted by molar-refractivity contribution is 1.18. The maximum Gasteiger partial charge on any atom is 0.0654 e. The molecule has 0 saturated carbocycles. The zero-order valence-electron chi connectivity index (χ0n) is 25.1. The minimum absolute atomic E-state index is 1.16. The van der Waals surface area contributed by atoms with E-state index < -0.39 is 0 Å². The molecule has 0 spiro atoms. The van der Waals surface area contributed by atoms with Crippen molar-refractivity contribution in [1.82, 2.24) is 4.57 Å². The zero-order chi connectivity index (χ0) is 30.2. The third kappa shape index (κ3) is 3.51. The summed E-state index contributed by atoms with van der Waals surface area (Å²) in [4.78, 5) is 0. The van der Waals surface area contributed by atoms with Crippen molar-refractivity contribution >= 4 is 33.0 Å². The third-order valence-corrected chi connectivity index (χ3v) is 9.86. The average Bonchev–Trinajstić information content (AvgIpc) is 3.76. The second kappa shape index (κ2) is 9.79. The second-order valence-electron chi connectivity index (χ2n) is 12.2. The molecule has 10 rings (SSSR count). The summed E-state index contributed by atoms with van der Waals surface area (Å²) >= 11 is 0. The first-order valence-electron chi connectivity index (χ1n) is 16.0. The summed E-state index contributed by atoms with van der Waals surface area (Å²) in [5.74, 6) is 1.30. The minimum Gasteiger partial charge on any atom is -0.309 e. The fraction of sp³-hybridized carbons (Fsp3) is 0. The van der Waals surface area contributed by atoms with Gasteiger partial charge in [0.1, 0.15) is 0 Å². The normalized spacial score (nSPS) is 13.1. The topological polar surface area (TPSA) is 4.93 Å². The Morgan fingerprint density at radius 3 is 1.17 bits per heavy atom. The zero-order valence-corrected chi connectivity index (χ0v) is 25.1. The molecular formula is C45H28N. The molecule has 0 saturated heterocycles. The van der Waals surface area contributed by atoms with E-state index >= 15 is 0 Å². The maximum absolute atomic E-state index is 2.40. The van der Waals surface area contributed by atoms with E-state index in [1.165, 1.54) is 88.9 Å². The van der Waals surface area contributed by atoms with Crippen molar-refractivity contribution in [3.05, 3.63) is 204 Å². The Bertz CT molecular complexity index is 2380. The molecule has 0 N–H and O–H groups in total. The summed E-state index contributed by atoms with van der Waals surface area (Å²) in [6.07, 6.45) is 0. The van der Waals surface area contributed by atoms with E-state index in [0.717, 1.165) is 5.69 Å². The van der Waals surface area contributed by atoms with Gasteiger partial charge in [-0.25, -0.2) is 0 Å². The quantitative estimate of drug-likeness (QED) is 0.195. The van der Waals surface area contributed by atoms with Crippen LogP contribution in [0.25, 0.3) is 60.9 Å². The largest absolute Gasteiger partial charge is 0.309 e. The molecule has 46 heavy (non-hydrogen) atoms. The number of para-hydroxylation sites is 2. The van der Waals surface area contributed by atoms with E-state index in [0.29, 0.717) is 0 Å². The van der Waals surface area contributed by atoms with Gasteiger partial charge in [0, 0.05) is 16.5 Å². The van der Waals surface area contributed by atoms with Crippen LogP contribution in [0, 0.1) is 5.92 Å². The van der Waals surface area contributed by atoms with Crippen LogP contribution in [0.4, 0.5) is 0 Å². The van der Waals surface area contributed by atoms with Gasteiger partial charge in [-0.05, 0) is 85.5 Å². The number of aromatic nitrogens is 1. The van der Waals surface area contributed by atoms with E-state index in [4.69, 9.17) is 0 Å². The number of fused-ring (bicyclic) bond motifs is 9. The Hall–Kier alpha value is -5.92. The van der Waals surface area contributed by atoms with E-state index in [1.54, 1.807) is 0 Å². The Kier molecular flexibility index (Phi) is 5.41. The number of rotatable bonds is 3. The molecule has 8 aromatic rings. The Labute approximate surface area is 268 Å². The van der Waals surface area contributed by atoms with Crippen LogP contribution < -0.4 is 0 Å². The number of nitrogens with zero attached hydrogens (tertiary/aromatic N) is 1. The van der Waals surface area contributed by atoms with Gasteiger partial charge >= 0.3 is 0 Å². The van der Waals surface area contributed by atoms with Gasteiger partial charge in [-0.2, -0.15) is 0 Å². The molecule has 0 atom stereocenters. The second-order valence-corrected chi connectivity index (χ2v) is 12.2. The van der Waals surface area contributed by atoms with Gasteiger partial charge in [0.05, 0.1) is 17.0 Å². The van der Waals surface area contributed by atoms with Crippen LogP contribution >= 0.6 is 0 Å². The highest BCUT2D eigenvalue weighted by Gasteiger charge is 2.36. The Morgan fingerprint density at radius 2 is 0.696 bits per heavy atom. The van der Waals surface area contributed by atoms with E-state index in [1.807, 2.05) is 0 Å². The number of allylic oxidation sites excluding steroid dienone is 1. The summed E-state index contributed by atoms with van der Waals surface area (Å²) in [5.41, 5.74) is 17.8. The Balaban J connectivity index is 1.26. The van der Waals surface area contributed by atoms with Gasteiger partial charge in [-0.15, -0.1) is 0 Å². The number of benzene rings is 7. The van der Waals surface area contributed by atoms with Crippen molar-refractivity contribution in [2.75, 3.05) is 0 Å². The highest BCUT2D eigenvalue weighted by Crippen LogP contribution is 2.56. The smallest absolute Gasteiger partial charge is 0.0654 e. The third-order valence-electron chi connectivity index (χ3n) is 9.86. The SMILES string of the molecule is c1ccc2c(c1)[C](C(=C1c3ccccc3-c3ccccc31)c1ccc(-n3c4ccccc4c4ccccc43)cc1)c1ccccc1-2. The van der Waals surface area contributed by atoms with E-state index in [-0.39, 0.29) is 0 Å². The molecule has 1 heterocycles. The van der Waals surface area contributed by atoms with Crippen LogP contribution in [-0.2, 0) is 0 Å². The molecular weight excluding hydrogens is 555 g/mol. The number of hydrogen-bond acceptors (Lipinski definition) is 0. The molecule has 0 aliphatic heterocycles. The first-order chi connectivity index (χ1) is 22.9. The van der Waals surface area contributed by atoms with Crippen molar-refractivity contribution in [2.45, 2.75) is 0 Å². The molecule has 0 unspecified atom stereocenters. The van der Waals surface area contributed by atoms with Crippen LogP contribution in [0.1, 0.15) is 27.8 Å². The van der Waals surface area contributed by atoms with Gasteiger partial charge in [0.2, 0.25) is 0 Å². The summed E-state index contributed by atoms with van der Waals surface area (Å²) in [6.45, 7) is 0. The predicted molar refractivity (Wildman–Crippen MR) is 192 cm³/mol. The summed E-state index contributed by atoms with van der Waals surface area (Å²) in [6, 6.07) is 62.3. The molecule has 213 valence electrons. The maximum atomic E-state index is 2.40. The van der Waals surface area contributed by atoms with Gasteiger partial charge in [0.15, 0.2) is 0 Å². The van der Waals surface area contributed by atoms with Crippen molar-refractivity contribution in [3.8, 4) is 27.9 Å². The lowest BCUT2D eigenvalue weighted by atomic mass is 9.80. The Morgan fingerprint density at radius 1 is 0.326 bits per heavy atom. The van der Waals surface area contributed by atoms with Gasteiger partial charge < -0.3 is 4.57 Å². The molecule has 1 radical (unpaired) electrons. The van der Waals surface area contributed by atoms with Crippen molar-refractivity contribution in [3.63, 3.8) is 0 Å². The summed E-state index contributed by atoms with van der Waals surface area (Å²) in [5, 5.41) is 2.55. The highest BCUT2D eigenvalue weighted by atomic mass is 15.0. The lowest BCUT2D eigenvalue weighted by Crippen LogP contribution is -2.06. The predicted octanol–water partition coefficient (Wildman–Crippen LogP) is 11.4. The first-order valence-corrected chi connectivity index (χ1v) is 16.0. The molecule has 2 aliphatic carbocycles. The fourth-order valence-electron chi connectivity index (χ4n) is 7.96. The van der Waals surface area contributed by atoms with Crippen LogP contribution in [0.15, 0.2) is 170 Å². The van der Waals surface area contributed by atoms with Crippen LogP contribution in [0.3, 0.4) is 0 Å². The highest BCUT2D eigenvalue weighted by molar-refractivity contribution is 6.16. The van der Waals surface area contributed by atoms with E-state index in [9.17, 15) is 0 Å². The van der Waals surface area contributed by atoms with Gasteiger partial charge in [-0.3, -0.25) is 0 Å². The molecule has 1 aromatic heterocycles. The molecule has 0 bridgehead atoms. The molecule has 1 heteroatoms. The standard InChI is InChI=1S/C45H28N/c1-5-19-37-31(13-1)32-14-2-6-20-38(32)44(37)43(45-39-21-7-3-15-33(39)34-16-4-8-22-40(34)45)29-25-27-30(28-26-29)46-41-23-11-9-17-35(41)36-18-10-12-24-42(36)46/h1-28H. The summed E-state index contributed by atoms with van der Waals surface area (Å²) in [7, 11) is 0. The van der Waals surface area contributed by atoms with Gasteiger partial charge in [0.25, 0.3) is 0 Å². The average molecular weight is 583 g/mol. The molecule has 0 fully saturated rings. The lowest BCUT2D eigenvalue weighted by Gasteiger charge is -2.22. The van der Waals surface area contributed by atoms with Crippen LogP contribution in [0.2, 0.25) is 0 Å². The minimum atomic E-state index is 1.16. The number of hydrogen-bond donors (Lipinski definition) is 0. The van der Waals surface area contributed by atoms with Crippen molar-refractivity contribution in [2.24, 2.45) is 0 Å². The van der Waals surface area contributed by atoms with Crippen LogP contribution in [0.5, 0.6) is 0 Å². The van der Waals surface area contributed by atoms with Crippen molar-refractivity contribution < 1.29 is 0 Å². The fourth-order valence-corrected chi connectivity index (χ4v) is 7.96. The van der Waals surface area contributed by atoms with E-state index in [2.05, 4.69) is 174 Å². The molecule has 7 aromatic carbocycles. The van der Waals surface area contributed by atoms with Gasteiger partial charge in [-0.1, -0.05) is 146 Å². The summed E-state index contributed by atoms with van der Waals surface area (Å²) < 4.78 is 2.40. The van der Waals surface area contributed by atoms with Crippen LogP contribution in [-0.4, -0.2) is 4.57 Å².